The highest BCUT2D eigenvalue weighted by Gasteiger charge is 2.02. The summed E-state index contributed by atoms with van der Waals surface area (Å²) < 4.78 is 0. The van der Waals surface area contributed by atoms with E-state index >= 15 is 0 Å². The van der Waals surface area contributed by atoms with Gasteiger partial charge in [-0.1, -0.05) is 13.3 Å². The van der Waals surface area contributed by atoms with Gasteiger partial charge in [0.1, 0.15) is 0 Å². The molecule has 0 saturated carbocycles. The van der Waals surface area contributed by atoms with Crippen LogP contribution in [0.25, 0.3) is 0 Å². The van der Waals surface area contributed by atoms with Crippen molar-refractivity contribution in [2.24, 2.45) is 10.7 Å². The monoisotopic (exact) mass is 356 g/mol. The molecule has 0 aromatic heterocycles. The smallest absolute Gasteiger partial charge is 0.221 e. The number of guanidine groups is 1. The molecule has 4 N–H and O–H groups in total. The molecular weight excluding hydrogens is 331 g/mol. The molecule has 0 aromatic rings. The Kier molecular flexibility index (Phi) is 13.2. The SMILES string of the molecule is CCCCN=C(N)NCCC(=O)NC(C)C.I. The van der Waals surface area contributed by atoms with Crippen LogP contribution in [0, 0.1) is 0 Å². The molecule has 1 amide bonds. The Balaban J connectivity index is 0. The summed E-state index contributed by atoms with van der Waals surface area (Å²) in [6.45, 7) is 7.25. The molecule has 0 heterocycles. The van der Waals surface area contributed by atoms with Crippen LogP contribution in [-0.2, 0) is 4.79 Å². The predicted octanol–water partition coefficient (Wildman–Crippen LogP) is 1.22. The Morgan fingerprint density at radius 2 is 2.06 bits per heavy atom. The largest absolute Gasteiger partial charge is 0.370 e. The van der Waals surface area contributed by atoms with Gasteiger partial charge >= 0.3 is 0 Å². The van der Waals surface area contributed by atoms with Crippen LogP contribution in [0.1, 0.15) is 40.0 Å². The molecule has 0 saturated heterocycles. The molecule has 102 valence electrons. The normalized spacial score (nSPS) is 10.9. The molecule has 6 heteroatoms. The molecule has 0 radical (unpaired) electrons. The Labute approximate surface area is 121 Å². The zero-order valence-corrected chi connectivity index (χ0v) is 13.3. The van der Waals surface area contributed by atoms with E-state index in [2.05, 4.69) is 22.5 Å². The highest BCUT2D eigenvalue weighted by atomic mass is 127. The van der Waals surface area contributed by atoms with Crippen LogP contribution in [0.15, 0.2) is 4.99 Å². The van der Waals surface area contributed by atoms with Crippen molar-refractivity contribution in [3.63, 3.8) is 0 Å². The number of nitrogens with one attached hydrogen (secondary N) is 2. The summed E-state index contributed by atoms with van der Waals surface area (Å²) in [5, 5.41) is 5.72. The highest BCUT2D eigenvalue weighted by molar-refractivity contribution is 14.0. The third kappa shape index (κ3) is 13.4. The molecular formula is C11H25IN4O. The molecule has 0 fully saturated rings. The van der Waals surface area contributed by atoms with Gasteiger partial charge in [-0.15, -0.1) is 24.0 Å². The fourth-order valence-electron chi connectivity index (χ4n) is 1.11. The summed E-state index contributed by atoms with van der Waals surface area (Å²) in [4.78, 5) is 15.4. The van der Waals surface area contributed by atoms with Crippen molar-refractivity contribution in [3.05, 3.63) is 0 Å². The maximum absolute atomic E-state index is 11.3. The minimum atomic E-state index is 0. The van der Waals surface area contributed by atoms with Crippen LogP contribution in [0.5, 0.6) is 0 Å². The van der Waals surface area contributed by atoms with Crippen LogP contribution in [0.4, 0.5) is 0 Å². The van der Waals surface area contributed by atoms with Gasteiger partial charge in [0.2, 0.25) is 5.91 Å². The van der Waals surface area contributed by atoms with E-state index in [1.807, 2.05) is 13.8 Å². The lowest BCUT2D eigenvalue weighted by molar-refractivity contribution is -0.121. The van der Waals surface area contributed by atoms with Gasteiger partial charge in [0.05, 0.1) is 0 Å². The standard InChI is InChI=1S/C11H24N4O.HI/c1-4-5-7-13-11(12)14-8-6-10(16)15-9(2)3;/h9H,4-8H2,1-3H3,(H,15,16)(H3,12,13,14);1H. The third-order valence-electron chi connectivity index (χ3n) is 1.90. The number of nitrogens with two attached hydrogens (primary N) is 1. The molecule has 0 atom stereocenters. The lowest BCUT2D eigenvalue weighted by Crippen LogP contribution is -2.37. The van der Waals surface area contributed by atoms with Crippen LogP contribution >= 0.6 is 24.0 Å². The fourth-order valence-corrected chi connectivity index (χ4v) is 1.11. The van der Waals surface area contributed by atoms with E-state index in [1.165, 1.54) is 0 Å². The van der Waals surface area contributed by atoms with E-state index in [4.69, 9.17) is 5.73 Å². The Morgan fingerprint density at radius 3 is 2.59 bits per heavy atom. The zero-order valence-electron chi connectivity index (χ0n) is 11.0. The van der Waals surface area contributed by atoms with Crippen molar-refractivity contribution in [1.29, 1.82) is 0 Å². The molecule has 5 nitrogen and oxygen atoms in total. The van der Waals surface area contributed by atoms with Crippen molar-refractivity contribution in [2.45, 2.75) is 46.1 Å². The van der Waals surface area contributed by atoms with Gasteiger partial charge in [-0.05, 0) is 20.3 Å². The first-order valence-electron chi connectivity index (χ1n) is 5.89. The maximum atomic E-state index is 11.3. The first-order chi connectivity index (χ1) is 7.56. The average Bonchev–Trinajstić information content (AvgIpc) is 2.17. The number of halogens is 1. The lowest BCUT2D eigenvalue weighted by atomic mass is 10.3. The van der Waals surface area contributed by atoms with Gasteiger partial charge in [0, 0.05) is 25.6 Å². The molecule has 0 rings (SSSR count). The number of amides is 1. The number of aliphatic imine (C=N–C) groups is 1. The van der Waals surface area contributed by atoms with Crippen molar-refractivity contribution in [3.8, 4) is 0 Å². The molecule has 0 bridgehead atoms. The quantitative estimate of drug-likeness (QED) is 0.278. The Morgan fingerprint density at radius 1 is 1.41 bits per heavy atom. The van der Waals surface area contributed by atoms with Gasteiger partial charge in [-0.25, -0.2) is 0 Å². The number of carbonyl (C=O) groups excluding carboxylic acids is 1. The van der Waals surface area contributed by atoms with E-state index in [-0.39, 0.29) is 35.9 Å². The average molecular weight is 356 g/mol. The number of nitrogens with zero attached hydrogens (tertiary/aromatic N) is 1. The third-order valence-corrected chi connectivity index (χ3v) is 1.90. The maximum Gasteiger partial charge on any atom is 0.221 e. The van der Waals surface area contributed by atoms with Crippen LogP contribution < -0.4 is 16.4 Å². The predicted molar refractivity (Wildman–Crippen MR) is 82.7 cm³/mol. The summed E-state index contributed by atoms with van der Waals surface area (Å²) in [5.41, 5.74) is 5.61. The van der Waals surface area contributed by atoms with E-state index in [1.54, 1.807) is 0 Å². The van der Waals surface area contributed by atoms with Gasteiger partial charge in [0.15, 0.2) is 5.96 Å². The second-order valence-corrected chi connectivity index (χ2v) is 4.02. The Bertz CT molecular complexity index is 232. The topological polar surface area (TPSA) is 79.5 Å². The Hall–Kier alpha value is -0.530. The van der Waals surface area contributed by atoms with E-state index in [9.17, 15) is 4.79 Å². The summed E-state index contributed by atoms with van der Waals surface area (Å²) in [6, 6.07) is 0.183. The number of carbonyl (C=O) groups is 1. The lowest BCUT2D eigenvalue weighted by Gasteiger charge is -2.09. The van der Waals surface area contributed by atoms with E-state index in [0.717, 1.165) is 19.4 Å². The summed E-state index contributed by atoms with van der Waals surface area (Å²) in [5.74, 6) is 0.453. The van der Waals surface area contributed by atoms with Crippen molar-refractivity contribution in [2.75, 3.05) is 13.1 Å². The molecule has 0 spiro atoms. The van der Waals surface area contributed by atoms with E-state index < -0.39 is 0 Å². The molecule has 17 heavy (non-hydrogen) atoms. The second kappa shape index (κ2) is 11.9. The number of hydrogen-bond donors (Lipinski definition) is 3. The van der Waals surface area contributed by atoms with Crippen LogP contribution in [-0.4, -0.2) is 31.0 Å². The minimum Gasteiger partial charge on any atom is -0.370 e. The highest BCUT2D eigenvalue weighted by Crippen LogP contribution is 1.86. The molecule has 0 aliphatic heterocycles. The summed E-state index contributed by atoms with van der Waals surface area (Å²) >= 11 is 0. The first kappa shape index (κ1) is 18.8. The number of unbranched alkanes of at least 4 members (excludes halogenated alkanes) is 1. The molecule has 0 aliphatic carbocycles. The first-order valence-corrected chi connectivity index (χ1v) is 5.89. The van der Waals surface area contributed by atoms with Gasteiger partial charge in [-0.3, -0.25) is 9.79 Å². The van der Waals surface area contributed by atoms with E-state index in [0.29, 0.717) is 18.9 Å². The molecule has 0 aromatic carbocycles. The van der Waals surface area contributed by atoms with Crippen LogP contribution in [0.2, 0.25) is 0 Å². The van der Waals surface area contributed by atoms with Crippen molar-refractivity contribution < 1.29 is 4.79 Å². The summed E-state index contributed by atoms with van der Waals surface area (Å²) in [6.07, 6.45) is 2.56. The second-order valence-electron chi connectivity index (χ2n) is 4.02. The summed E-state index contributed by atoms with van der Waals surface area (Å²) in [7, 11) is 0. The molecule has 0 unspecified atom stereocenters. The van der Waals surface area contributed by atoms with Crippen molar-refractivity contribution >= 4 is 35.8 Å². The van der Waals surface area contributed by atoms with Gasteiger partial charge < -0.3 is 16.4 Å². The van der Waals surface area contributed by atoms with Gasteiger partial charge in [-0.2, -0.15) is 0 Å². The fraction of sp³-hybridized carbons (Fsp3) is 0.818. The van der Waals surface area contributed by atoms with Gasteiger partial charge in [0.25, 0.3) is 0 Å². The zero-order chi connectivity index (χ0) is 12.4. The number of rotatable bonds is 7. The van der Waals surface area contributed by atoms with Crippen molar-refractivity contribution in [1.82, 2.24) is 10.6 Å². The van der Waals surface area contributed by atoms with Crippen LogP contribution in [0.3, 0.4) is 0 Å². The number of hydrogen-bond acceptors (Lipinski definition) is 2. The molecule has 0 aliphatic rings. The minimum absolute atomic E-state index is 0.